The molecule has 0 aromatic rings. The molecule has 1 heterocycles. The Morgan fingerprint density at radius 3 is 1.93 bits per heavy atom. The molecule has 1 aliphatic heterocycles. The Balaban J connectivity index is 2.10. The van der Waals surface area contributed by atoms with Crippen LogP contribution in [0.5, 0.6) is 0 Å². The summed E-state index contributed by atoms with van der Waals surface area (Å²) in [4.78, 5) is 23.1. The molecule has 0 aromatic carbocycles. The number of rotatable bonds is 0. The van der Waals surface area contributed by atoms with Crippen LogP contribution in [0.2, 0.25) is 0 Å². The molecule has 3 nitrogen and oxygen atoms in total. The van der Waals surface area contributed by atoms with Crippen LogP contribution < -0.4 is 0 Å². The van der Waals surface area contributed by atoms with Gasteiger partial charge in [-0.2, -0.15) is 0 Å². The van der Waals surface area contributed by atoms with Crippen molar-refractivity contribution in [2.75, 3.05) is 0 Å². The van der Waals surface area contributed by atoms with Gasteiger partial charge in [0.15, 0.2) is 0 Å². The summed E-state index contributed by atoms with van der Waals surface area (Å²) < 4.78 is 4.74. The topological polar surface area (TPSA) is 43.4 Å². The maximum atomic E-state index is 11.6. The van der Waals surface area contributed by atoms with Crippen molar-refractivity contribution < 1.29 is 14.3 Å². The Hall–Kier alpha value is -1.12. The predicted octanol–water partition coefficient (Wildman–Crippen LogP) is 1.68. The first-order chi connectivity index (χ1) is 7.11. The number of carbonyl (C=O) groups is 2. The summed E-state index contributed by atoms with van der Waals surface area (Å²) >= 11 is 0. The molecule has 80 valence electrons. The summed E-state index contributed by atoms with van der Waals surface area (Å²) in [5.41, 5.74) is 2.66. The van der Waals surface area contributed by atoms with Crippen molar-refractivity contribution in [2.45, 2.75) is 26.7 Å². The van der Waals surface area contributed by atoms with Crippen molar-refractivity contribution in [3.63, 3.8) is 0 Å². The fourth-order valence-corrected chi connectivity index (χ4v) is 3.79. The minimum Gasteiger partial charge on any atom is -0.393 e. The zero-order chi connectivity index (χ0) is 10.7. The molecule has 3 rings (SSSR count). The van der Waals surface area contributed by atoms with E-state index in [0.29, 0.717) is 11.8 Å². The molecule has 2 saturated carbocycles. The Morgan fingerprint density at radius 2 is 1.53 bits per heavy atom. The van der Waals surface area contributed by atoms with Gasteiger partial charge in [-0.25, -0.2) is 0 Å². The van der Waals surface area contributed by atoms with E-state index in [1.807, 2.05) is 0 Å². The minimum atomic E-state index is -0.282. The van der Waals surface area contributed by atoms with Gasteiger partial charge in [0.1, 0.15) is 0 Å². The molecule has 2 bridgehead atoms. The lowest BCUT2D eigenvalue weighted by Crippen LogP contribution is -2.24. The van der Waals surface area contributed by atoms with Gasteiger partial charge in [0.25, 0.3) is 0 Å². The zero-order valence-electron chi connectivity index (χ0n) is 8.95. The van der Waals surface area contributed by atoms with E-state index in [9.17, 15) is 9.59 Å². The van der Waals surface area contributed by atoms with Crippen molar-refractivity contribution in [1.82, 2.24) is 0 Å². The Morgan fingerprint density at radius 1 is 1.07 bits per heavy atom. The maximum absolute atomic E-state index is 11.6. The summed E-state index contributed by atoms with van der Waals surface area (Å²) in [5, 5.41) is 0. The summed E-state index contributed by atoms with van der Waals surface area (Å²) in [6.07, 6.45) is 2.10. The second-order valence-electron chi connectivity index (χ2n) is 5.04. The molecule has 0 amide bonds. The average molecular weight is 206 g/mol. The van der Waals surface area contributed by atoms with E-state index in [1.54, 1.807) is 0 Å². The van der Waals surface area contributed by atoms with Crippen LogP contribution in [0.1, 0.15) is 26.7 Å². The highest BCUT2D eigenvalue weighted by molar-refractivity contribution is 5.98. The molecule has 2 aliphatic carbocycles. The van der Waals surface area contributed by atoms with Crippen molar-refractivity contribution >= 4 is 11.9 Å². The van der Waals surface area contributed by atoms with Crippen LogP contribution in [-0.2, 0) is 14.3 Å². The standard InChI is InChI=1S/C12H14O3/c1-5(2)8-6-3-4-7(8)10-9(6)11(13)15-12(10)14/h6-7,9-10H,3-4H2,1-2H3/t6-,7+,9-,10-/m0/s1. The normalized spacial score (nSPS) is 42.1. The molecule has 0 spiro atoms. The van der Waals surface area contributed by atoms with E-state index in [4.69, 9.17) is 4.74 Å². The fraction of sp³-hybridized carbons (Fsp3) is 0.667. The molecule has 4 atom stereocenters. The highest BCUT2D eigenvalue weighted by atomic mass is 16.6. The number of esters is 2. The summed E-state index contributed by atoms with van der Waals surface area (Å²) in [6, 6.07) is 0. The summed E-state index contributed by atoms with van der Waals surface area (Å²) in [6.45, 7) is 4.16. The highest BCUT2D eigenvalue weighted by Crippen LogP contribution is 2.59. The fourth-order valence-electron chi connectivity index (χ4n) is 3.79. The molecule has 0 N–H and O–H groups in total. The third-order valence-corrected chi connectivity index (χ3v) is 4.16. The first-order valence-electron chi connectivity index (χ1n) is 5.54. The van der Waals surface area contributed by atoms with Crippen LogP contribution in [-0.4, -0.2) is 11.9 Å². The van der Waals surface area contributed by atoms with Gasteiger partial charge in [0, 0.05) is 0 Å². The summed E-state index contributed by atoms with van der Waals surface area (Å²) in [5.74, 6) is -0.276. The van der Waals surface area contributed by atoms with E-state index < -0.39 is 0 Å². The predicted molar refractivity (Wildman–Crippen MR) is 52.7 cm³/mol. The number of ether oxygens (including phenoxy) is 1. The lowest BCUT2D eigenvalue weighted by atomic mass is 9.81. The molecular weight excluding hydrogens is 192 g/mol. The molecule has 0 radical (unpaired) electrons. The van der Waals surface area contributed by atoms with E-state index in [1.165, 1.54) is 11.1 Å². The van der Waals surface area contributed by atoms with E-state index >= 15 is 0 Å². The van der Waals surface area contributed by atoms with Crippen LogP contribution in [0.4, 0.5) is 0 Å². The number of hydrogen-bond acceptors (Lipinski definition) is 3. The first-order valence-corrected chi connectivity index (χ1v) is 5.54. The van der Waals surface area contributed by atoms with Gasteiger partial charge >= 0.3 is 11.9 Å². The molecular formula is C12H14O3. The molecule has 0 unspecified atom stereocenters. The number of fused-ring (bicyclic) bond motifs is 5. The van der Waals surface area contributed by atoms with Crippen molar-refractivity contribution in [3.05, 3.63) is 11.1 Å². The second kappa shape index (κ2) is 2.71. The van der Waals surface area contributed by atoms with E-state index in [0.717, 1.165) is 12.8 Å². The van der Waals surface area contributed by atoms with E-state index in [-0.39, 0.29) is 23.8 Å². The maximum Gasteiger partial charge on any atom is 0.318 e. The Bertz CT molecular complexity index is 360. The Kier molecular flexibility index (Phi) is 1.65. The molecule has 1 saturated heterocycles. The number of hydrogen-bond donors (Lipinski definition) is 0. The monoisotopic (exact) mass is 206 g/mol. The quantitative estimate of drug-likeness (QED) is 0.344. The van der Waals surface area contributed by atoms with Gasteiger partial charge in [-0.15, -0.1) is 0 Å². The lowest BCUT2D eigenvalue weighted by molar-refractivity contribution is -0.154. The van der Waals surface area contributed by atoms with Crippen molar-refractivity contribution in [1.29, 1.82) is 0 Å². The molecule has 3 fully saturated rings. The van der Waals surface area contributed by atoms with Gasteiger partial charge in [0.05, 0.1) is 11.8 Å². The Labute approximate surface area is 88.5 Å². The number of allylic oxidation sites excluding steroid dienone is 2. The molecule has 0 aromatic heterocycles. The largest absolute Gasteiger partial charge is 0.393 e. The molecule has 3 aliphatic rings. The van der Waals surface area contributed by atoms with Gasteiger partial charge in [-0.1, -0.05) is 11.1 Å². The molecule has 3 heteroatoms. The minimum absolute atomic E-state index is 0.152. The van der Waals surface area contributed by atoms with Crippen molar-refractivity contribution in [2.24, 2.45) is 23.7 Å². The van der Waals surface area contributed by atoms with Crippen molar-refractivity contribution in [3.8, 4) is 0 Å². The summed E-state index contributed by atoms with van der Waals surface area (Å²) in [7, 11) is 0. The third kappa shape index (κ3) is 0.959. The average Bonchev–Trinajstić information content (AvgIpc) is 2.77. The lowest BCUT2D eigenvalue weighted by Gasteiger charge is -2.16. The van der Waals surface area contributed by atoms with Crippen LogP contribution >= 0.6 is 0 Å². The number of carbonyl (C=O) groups excluding carboxylic acids is 2. The van der Waals surface area contributed by atoms with Gasteiger partial charge in [-0.3, -0.25) is 9.59 Å². The van der Waals surface area contributed by atoms with Crippen LogP contribution in [0.3, 0.4) is 0 Å². The smallest absolute Gasteiger partial charge is 0.318 e. The second-order valence-corrected chi connectivity index (χ2v) is 5.04. The van der Waals surface area contributed by atoms with Crippen LogP contribution in [0.15, 0.2) is 11.1 Å². The molecule has 15 heavy (non-hydrogen) atoms. The van der Waals surface area contributed by atoms with Gasteiger partial charge in [0.2, 0.25) is 0 Å². The first kappa shape index (κ1) is 9.13. The van der Waals surface area contributed by atoms with Crippen LogP contribution in [0, 0.1) is 23.7 Å². The number of cyclic esters (lactones) is 2. The van der Waals surface area contributed by atoms with Gasteiger partial charge < -0.3 is 4.74 Å². The zero-order valence-corrected chi connectivity index (χ0v) is 8.95. The third-order valence-electron chi connectivity index (χ3n) is 4.16. The van der Waals surface area contributed by atoms with Crippen LogP contribution in [0.25, 0.3) is 0 Å². The highest BCUT2D eigenvalue weighted by Gasteiger charge is 2.62. The van der Waals surface area contributed by atoms with E-state index in [2.05, 4.69) is 13.8 Å². The van der Waals surface area contributed by atoms with Gasteiger partial charge in [-0.05, 0) is 38.5 Å². The SMILES string of the molecule is CC(C)=C1[C@H]2CC[C@@H]1[C@@H]1C(=O)OC(=O)[C@H]12.